The number of carbonyl (C=O) groups is 1. The van der Waals surface area contributed by atoms with Crippen LogP contribution in [0.3, 0.4) is 0 Å². The van der Waals surface area contributed by atoms with E-state index in [9.17, 15) is 4.79 Å². The number of nitriles is 1. The molecule has 1 aromatic carbocycles. The number of amides is 1. The standard InChI is InChI=1S/C14H13N5O/c15-8-7-10-3-5-11(6-4-10)18-14(20)12-2-1-9-17-13(12)19-16/h1-6,9H,7,16H2,(H,17,19)(H,18,20). The smallest absolute Gasteiger partial charge is 0.259 e. The van der Waals surface area contributed by atoms with Crippen molar-refractivity contribution in [3.8, 4) is 6.07 Å². The predicted octanol–water partition coefficient (Wildman–Crippen LogP) is 1.69. The number of benzene rings is 1. The number of aromatic nitrogens is 1. The Morgan fingerprint density at radius 3 is 2.70 bits per heavy atom. The first kappa shape index (κ1) is 13.5. The summed E-state index contributed by atoms with van der Waals surface area (Å²) in [7, 11) is 0. The molecule has 4 N–H and O–H groups in total. The number of nitrogen functional groups attached to an aromatic ring is 1. The summed E-state index contributed by atoms with van der Waals surface area (Å²) in [6.45, 7) is 0. The number of nitrogens with zero attached hydrogens (tertiary/aromatic N) is 2. The first-order chi connectivity index (χ1) is 9.74. The molecule has 1 amide bonds. The summed E-state index contributed by atoms with van der Waals surface area (Å²) in [6, 6.07) is 12.4. The Labute approximate surface area is 116 Å². The minimum absolute atomic E-state index is 0.306. The molecule has 2 aromatic rings. The highest BCUT2D eigenvalue weighted by molar-refractivity contribution is 6.07. The maximum Gasteiger partial charge on any atom is 0.259 e. The lowest BCUT2D eigenvalue weighted by molar-refractivity contribution is 0.102. The van der Waals surface area contributed by atoms with E-state index < -0.39 is 0 Å². The molecule has 0 unspecified atom stereocenters. The number of hydrazine groups is 1. The van der Waals surface area contributed by atoms with Crippen LogP contribution < -0.4 is 16.6 Å². The summed E-state index contributed by atoms with van der Waals surface area (Å²) in [5.41, 5.74) is 4.28. The quantitative estimate of drug-likeness (QED) is 0.577. The minimum Gasteiger partial charge on any atom is -0.322 e. The number of rotatable bonds is 4. The van der Waals surface area contributed by atoms with Crippen molar-refractivity contribution in [2.24, 2.45) is 5.84 Å². The maximum atomic E-state index is 12.1. The van der Waals surface area contributed by atoms with Gasteiger partial charge in [-0.1, -0.05) is 12.1 Å². The van der Waals surface area contributed by atoms with Crippen LogP contribution in [0.5, 0.6) is 0 Å². The van der Waals surface area contributed by atoms with Gasteiger partial charge in [0.2, 0.25) is 0 Å². The van der Waals surface area contributed by atoms with Crippen LogP contribution in [0, 0.1) is 11.3 Å². The third-order valence-corrected chi connectivity index (χ3v) is 2.68. The molecule has 0 fully saturated rings. The third-order valence-electron chi connectivity index (χ3n) is 2.68. The number of hydrogen-bond donors (Lipinski definition) is 3. The molecule has 100 valence electrons. The molecule has 0 aliphatic carbocycles. The van der Waals surface area contributed by atoms with Crippen LogP contribution in [-0.2, 0) is 6.42 Å². The molecule has 0 aliphatic rings. The van der Waals surface area contributed by atoms with E-state index in [1.54, 1.807) is 42.6 Å². The van der Waals surface area contributed by atoms with Gasteiger partial charge in [-0.3, -0.25) is 4.79 Å². The first-order valence-electron chi connectivity index (χ1n) is 5.93. The van der Waals surface area contributed by atoms with Gasteiger partial charge in [0.05, 0.1) is 18.1 Å². The number of nitrogens with two attached hydrogens (primary N) is 1. The monoisotopic (exact) mass is 267 g/mol. The van der Waals surface area contributed by atoms with Crippen LogP contribution in [0.15, 0.2) is 42.6 Å². The van der Waals surface area contributed by atoms with Crippen molar-refractivity contribution in [3.05, 3.63) is 53.7 Å². The van der Waals surface area contributed by atoms with Gasteiger partial charge in [0.15, 0.2) is 5.82 Å². The Balaban J connectivity index is 2.13. The molecule has 2 rings (SSSR count). The summed E-state index contributed by atoms with van der Waals surface area (Å²) in [4.78, 5) is 16.1. The second-order valence-corrected chi connectivity index (χ2v) is 4.03. The Bertz CT molecular complexity index is 645. The van der Waals surface area contributed by atoms with Crippen molar-refractivity contribution < 1.29 is 4.79 Å². The maximum absolute atomic E-state index is 12.1. The molecule has 6 nitrogen and oxygen atoms in total. The summed E-state index contributed by atoms with van der Waals surface area (Å²) in [5.74, 6) is 5.32. The largest absolute Gasteiger partial charge is 0.322 e. The van der Waals surface area contributed by atoms with Crippen molar-refractivity contribution in [1.82, 2.24) is 4.98 Å². The SMILES string of the molecule is N#CCc1ccc(NC(=O)c2cccnc2NN)cc1. The third kappa shape index (κ3) is 3.10. The van der Waals surface area contributed by atoms with E-state index in [2.05, 4.69) is 21.8 Å². The number of hydrogen-bond acceptors (Lipinski definition) is 5. The number of pyridine rings is 1. The van der Waals surface area contributed by atoms with Crippen LogP contribution in [0.4, 0.5) is 11.5 Å². The molecule has 1 heterocycles. The zero-order valence-electron chi connectivity index (χ0n) is 10.6. The van der Waals surface area contributed by atoms with Crippen LogP contribution in [0.25, 0.3) is 0 Å². The Hall–Kier alpha value is -2.91. The van der Waals surface area contributed by atoms with Crippen LogP contribution in [-0.4, -0.2) is 10.9 Å². The molecule has 20 heavy (non-hydrogen) atoms. The molecular weight excluding hydrogens is 254 g/mol. The molecule has 0 saturated heterocycles. The van der Waals surface area contributed by atoms with Crippen LogP contribution >= 0.6 is 0 Å². The normalized spacial score (nSPS) is 9.60. The van der Waals surface area contributed by atoms with Gasteiger partial charge in [0, 0.05) is 11.9 Å². The highest BCUT2D eigenvalue weighted by Crippen LogP contribution is 2.15. The second kappa shape index (κ2) is 6.31. The van der Waals surface area contributed by atoms with Gasteiger partial charge in [-0.05, 0) is 29.8 Å². The van der Waals surface area contributed by atoms with Gasteiger partial charge in [-0.15, -0.1) is 0 Å². The van der Waals surface area contributed by atoms with E-state index >= 15 is 0 Å². The lowest BCUT2D eigenvalue weighted by Crippen LogP contribution is -2.18. The van der Waals surface area contributed by atoms with Gasteiger partial charge >= 0.3 is 0 Å². The van der Waals surface area contributed by atoms with E-state index in [1.807, 2.05) is 0 Å². The zero-order valence-corrected chi connectivity index (χ0v) is 10.6. The van der Waals surface area contributed by atoms with Crippen molar-refractivity contribution in [2.45, 2.75) is 6.42 Å². The fourth-order valence-corrected chi connectivity index (χ4v) is 1.70. The van der Waals surface area contributed by atoms with Crippen LogP contribution in [0.2, 0.25) is 0 Å². The van der Waals surface area contributed by atoms with Crippen LogP contribution in [0.1, 0.15) is 15.9 Å². The summed E-state index contributed by atoms with van der Waals surface area (Å²) in [5, 5.41) is 11.3. The molecule has 0 spiro atoms. The van der Waals surface area contributed by atoms with Crippen molar-refractivity contribution >= 4 is 17.4 Å². The summed E-state index contributed by atoms with van der Waals surface area (Å²) >= 11 is 0. The lowest BCUT2D eigenvalue weighted by atomic mass is 10.1. The Morgan fingerprint density at radius 1 is 1.30 bits per heavy atom. The molecule has 1 aromatic heterocycles. The van der Waals surface area contributed by atoms with E-state index in [4.69, 9.17) is 11.1 Å². The zero-order chi connectivity index (χ0) is 14.4. The molecule has 6 heteroatoms. The Kier molecular flexibility index (Phi) is 4.27. The fraction of sp³-hybridized carbons (Fsp3) is 0.0714. The van der Waals surface area contributed by atoms with Gasteiger partial charge in [-0.2, -0.15) is 5.26 Å². The van der Waals surface area contributed by atoms with Gasteiger partial charge in [0.25, 0.3) is 5.91 Å². The molecule has 0 radical (unpaired) electrons. The molecule has 0 aliphatic heterocycles. The summed E-state index contributed by atoms with van der Waals surface area (Å²) < 4.78 is 0. The second-order valence-electron chi connectivity index (χ2n) is 4.03. The van der Waals surface area contributed by atoms with Crippen molar-refractivity contribution in [1.29, 1.82) is 5.26 Å². The number of anilines is 2. The first-order valence-corrected chi connectivity index (χ1v) is 5.93. The van der Waals surface area contributed by atoms with E-state index in [0.29, 0.717) is 23.5 Å². The van der Waals surface area contributed by atoms with Crippen molar-refractivity contribution in [3.63, 3.8) is 0 Å². The van der Waals surface area contributed by atoms with Crippen molar-refractivity contribution in [2.75, 3.05) is 10.7 Å². The molecule has 0 bridgehead atoms. The van der Waals surface area contributed by atoms with Gasteiger partial charge < -0.3 is 10.7 Å². The minimum atomic E-state index is -0.306. The fourth-order valence-electron chi connectivity index (χ4n) is 1.70. The van der Waals surface area contributed by atoms with Gasteiger partial charge in [0.1, 0.15) is 0 Å². The average molecular weight is 267 g/mol. The number of nitrogens with one attached hydrogen (secondary N) is 2. The highest BCUT2D eigenvalue weighted by Gasteiger charge is 2.11. The molecule has 0 atom stereocenters. The summed E-state index contributed by atoms with van der Waals surface area (Å²) in [6.07, 6.45) is 1.89. The molecule has 0 saturated carbocycles. The topological polar surface area (TPSA) is 104 Å². The number of carbonyl (C=O) groups excluding carboxylic acids is 1. The van der Waals surface area contributed by atoms with E-state index in [0.717, 1.165) is 5.56 Å². The highest BCUT2D eigenvalue weighted by atomic mass is 16.1. The van der Waals surface area contributed by atoms with E-state index in [-0.39, 0.29) is 5.91 Å². The lowest BCUT2D eigenvalue weighted by Gasteiger charge is -2.08. The molecular formula is C14H13N5O. The Morgan fingerprint density at radius 2 is 2.05 bits per heavy atom. The van der Waals surface area contributed by atoms with Gasteiger partial charge in [-0.25, -0.2) is 10.8 Å². The van der Waals surface area contributed by atoms with E-state index in [1.165, 1.54) is 0 Å². The average Bonchev–Trinajstić information content (AvgIpc) is 2.49. The predicted molar refractivity (Wildman–Crippen MR) is 75.8 cm³/mol.